The average molecular weight is 431 g/mol. The molecular formula is C22H20ClFN2O4. The van der Waals surface area contributed by atoms with Crippen molar-refractivity contribution < 1.29 is 23.5 Å². The number of nitrogens with one attached hydrogen (secondary N) is 1. The Morgan fingerprint density at radius 1 is 1.23 bits per heavy atom. The Bertz CT molecular complexity index is 1020. The number of hydrogen-bond acceptors (Lipinski definition) is 4. The lowest BCUT2D eigenvalue weighted by Crippen LogP contribution is -2.30. The summed E-state index contributed by atoms with van der Waals surface area (Å²) in [6, 6.07) is 8.78. The molecule has 1 fully saturated rings. The number of amides is 3. The molecule has 0 atom stereocenters. The molecule has 0 bridgehead atoms. The molecule has 0 aromatic heterocycles. The summed E-state index contributed by atoms with van der Waals surface area (Å²) < 4.78 is 24.8. The first-order valence-corrected chi connectivity index (χ1v) is 9.59. The van der Waals surface area contributed by atoms with Gasteiger partial charge >= 0.3 is 6.03 Å². The Kier molecular flexibility index (Phi) is 6.74. The van der Waals surface area contributed by atoms with Crippen LogP contribution in [0, 0.1) is 5.82 Å². The SMILES string of the molecule is C=CCN1C(=O)N/C(=C/c2cc(Cl)c(OCc3cccc(F)c3)c(OCC)c2)C1=O. The van der Waals surface area contributed by atoms with Crippen LogP contribution >= 0.6 is 11.6 Å². The topological polar surface area (TPSA) is 67.9 Å². The molecule has 2 aromatic carbocycles. The molecule has 1 saturated heterocycles. The molecule has 0 spiro atoms. The van der Waals surface area contributed by atoms with Crippen molar-refractivity contribution >= 4 is 29.6 Å². The number of benzene rings is 2. The van der Waals surface area contributed by atoms with Crippen molar-refractivity contribution in [1.29, 1.82) is 0 Å². The third kappa shape index (κ3) is 4.80. The van der Waals surface area contributed by atoms with Gasteiger partial charge in [-0.15, -0.1) is 6.58 Å². The van der Waals surface area contributed by atoms with Crippen LogP contribution in [-0.4, -0.2) is 30.0 Å². The van der Waals surface area contributed by atoms with E-state index in [1.807, 2.05) is 6.92 Å². The van der Waals surface area contributed by atoms with E-state index < -0.39 is 11.9 Å². The van der Waals surface area contributed by atoms with Gasteiger partial charge in [0, 0.05) is 6.54 Å². The van der Waals surface area contributed by atoms with Crippen molar-refractivity contribution in [3.63, 3.8) is 0 Å². The van der Waals surface area contributed by atoms with Gasteiger partial charge in [0.05, 0.1) is 11.6 Å². The molecule has 30 heavy (non-hydrogen) atoms. The standard InChI is InChI=1S/C22H20ClFN2O4/c1-3-8-26-21(27)18(25-22(26)28)11-15-10-17(23)20(19(12-15)29-4-2)30-13-14-6-5-7-16(24)9-14/h3,5-7,9-12H,1,4,8,13H2,2H3,(H,25,28)/b18-11+. The van der Waals surface area contributed by atoms with Crippen LogP contribution < -0.4 is 14.8 Å². The summed E-state index contributed by atoms with van der Waals surface area (Å²) in [5, 5.41) is 2.78. The molecule has 1 heterocycles. The number of halogens is 2. The van der Waals surface area contributed by atoms with Crippen molar-refractivity contribution in [3.8, 4) is 11.5 Å². The fourth-order valence-electron chi connectivity index (χ4n) is 2.89. The highest BCUT2D eigenvalue weighted by Gasteiger charge is 2.32. The van der Waals surface area contributed by atoms with Crippen LogP contribution in [0.5, 0.6) is 11.5 Å². The Morgan fingerprint density at radius 2 is 2.03 bits per heavy atom. The fourth-order valence-corrected chi connectivity index (χ4v) is 3.16. The van der Waals surface area contributed by atoms with E-state index in [2.05, 4.69) is 11.9 Å². The molecule has 156 valence electrons. The highest BCUT2D eigenvalue weighted by Crippen LogP contribution is 2.38. The number of urea groups is 1. The van der Waals surface area contributed by atoms with Crippen LogP contribution in [0.15, 0.2) is 54.8 Å². The van der Waals surface area contributed by atoms with E-state index in [4.69, 9.17) is 21.1 Å². The van der Waals surface area contributed by atoms with E-state index in [9.17, 15) is 14.0 Å². The molecule has 0 aliphatic carbocycles. The summed E-state index contributed by atoms with van der Waals surface area (Å²) in [6.45, 7) is 5.91. The second-order valence-electron chi connectivity index (χ2n) is 6.37. The summed E-state index contributed by atoms with van der Waals surface area (Å²) in [5.74, 6) is -0.142. The maximum Gasteiger partial charge on any atom is 0.329 e. The van der Waals surface area contributed by atoms with Gasteiger partial charge < -0.3 is 14.8 Å². The van der Waals surface area contributed by atoms with Crippen molar-refractivity contribution in [2.75, 3.05) is 13.2 Å². The minimum atomic E-state index is -0.516. The predicted molar refractivity (Wildman–Crippen MR) is 112 cm³/mol. The van der Waals surface area contributed by atoms with E-state index in [1.54, 1.807) is 24.3 Å². The van der Waals surface area contributed by atoms with Crippen LogP contribution in [0.1, 0.15) is 18.1 Å². The Balaban J connectivity index is 1.87. The zero-order valence-electron chi connectivity index (χ0n) is 16.3. The molecule has 1 aliphatic rings. The van der Waals surface area contributed by atoms with Gasteiger partial charge in [-0.3, -0.25) is 9.69 Å². The number of carbonyl (C=O) groups excluding carboxylic acids is 2. The van der Waals surface area contributed by atoms with Crippen molar-refractivity contribution in [2.45, 2.75) is 13.5 Å². The molecular weight excluding hydrogens is 411 g/mol. The molecule has 3 amide bonds. The number of imide groups is 1. The third-order valence-electron chi connectivity index (χ3n) is 4.19. The van der Waals surface area contributed by atoms with Gasteiger partial charge in [0.15, 0.2) is 11.5 Å². The van der Waals surface area contributed by atoms with E-state index in [-0.39, 0.29) is 29.7 Å². The lowest BCUT2D eigenvalue weighted by atomic mass is 10.1. The minimum Gasteiger partial charge on any atom is -0.490 e. The number of ether oxygens (including phenoxy) is 2. The van der Waals surface area contributed by atoms with Gasteiger partial charge in [-0.2, -0.15) is 0 Å². The van der Waals surface area contributed by atoms with E-state index in [1.165, 1.54) is 24.3 Å². The quantitative estimate of drug-likeness (QED) is 0.379. The van der Waals surface area contributed by atoms with Crippen LogP contribution in [0.4, 0.5) is 9.18 Å². The van der Waals surface area contributed by atoms with Crippen molar-refractivity contribution in [3.05, 3.63) is 76.7 Å². The van der Waals surface area contributed by atoms with Crippen molar-refractivity contribution in [2.24, 2.45) is 0 Å². The molecule has 2 aromatic rings. The summed E-state index contributed by atoms with van der Waals surface area (Å²) in [5.41, 5.74) is 1.31. The maximum absolute atomic E-state index is 13.4. The molecule has 0 unspecified atom stereocenters. The number of hydrogen-bond donors (Lipinski definition) is 1. The maximum atomic E-state index is 13.4. The summed E-state index contributed by atoms with van der Waals surface area (Å²) >= 11 is 6.39. The van der Waals surface area contributed by atoms with Gasteiger partial charge in [-0.25, -0.2) is 9.18 Å². The second-order valence-corrected chi connectivity index (χ2v) is 6.78. The predicted octanol–water partition coefficient (Wildman–Crippen LogP) is 4.54. The number of carbonyl (C=O) groups is 2. The first-order valence-electron chi connectivity index (χ1n) is 9.22. The van der Waals surface area contributed by atoms with Crippen LogP contribution in [0.2, 0.25) is 5.02 Å². The van der Waals surface area contributed by atoms with Crippen LogP contribution in [0.3, 0.4) is 0 Å². The first-order chi connectivity index (χ1) is 14.4. The van der Waals surface area contributed by atoms with Gasteiger partial charge in [0.25, 0.3) is 5.91 Å². The molecule has 1 aliphatic heterocycles. The van der Waals surface area contributed by atoms with E-state index in [0.717, 1.165) is 4.90 Å². The van der Waals surface area contributed by atoms with Gasteiger partial charge in [-0.05, 0) is 48.4 Å². The Labute approximate surface area is 178 Å². The minimum absolute atomic E-state index is 0.100. The zero-order valence-corrected chi connectivity index (χ0v) is 17.0. The first kappa shape index (κ1) is 21.4. The van der Waals surface area contributed by atoms with Gasteiger partial charge in [0.1, 0.15) is 18.1 Å². The molecule has 6 nitrogen and oxygen atoms in total. The summed E-state index contributed by atoms with van der Waals surface area (Å²) in [7, 11) is 0. The largest absolute Gasteiger partial charge is 0.490 e. The molecule has 8 heteroatoms. The van der Waals surface area contributed by atoms with Crippen LogP contribution in [0.25, 0.3) is 6.08 Å². The number of rotatable bonds is 8. The summed E-state index contributed by atoms with van der Waals surface area (Å²) in [6.07, 6.45) is 2.98. The van der Waals surface area contributed by atoms with Crippen LogP contribution in [-0.2, 0) is 11.4 Å². The second kappa shape index (κ2) is 9.45. The smallest absolute Gasteiger partial charge is 0.329 e. The number of nitrogens with zero attached hydrogens (tertiary/aromatic N) is 1. The van der Waals surface area contributed by atoms with Gasteiger partial charge in [-0.1, -0.05) is 29.8 Å². The molecule has 3 rings (SSSR count). The molecule has 1 N–H and O–H groups in total. The average Bonchev–Trinajstić information content (AvgIpc) is 2.95. The fraction of sp³-hybridized carbons (Fsp3) is 0.182. The lowest BCUT2D eigenvalue weighted by molar-refractivity contribution is -0.122. The Morgan fingerprint density at radius 3 is 2.73 bits per heavy atom. The highest BCUT2D eigenvalue weighted by molar-refractivity contribution is 6.32. The lowest BCUT2D eigenvalue weighted by Gasteiger charge is -2.15. The summed E-state index contributed by atoms with van der Waals surface area (Å²) in [4.78, 5) is 25.3. The monoisotopic (exact) mass is 430 g/mol. The highest BCUT2D eigenvalue weighted by atomic mass is 35.5. The van der Waals surface area contributed by atoms with Crippen molar-refractivity contribution in [1.82, 2.24) is 10.2 Å². The third-order valence-corrected chi connectivity index (χ3v) is 4.47. The Hall–Kier alpha value is -3.32. The molecule has 0 saturated carbocycles. The molecule has 0 radical (unpaired) electrons. The zero-order chi connectivity index (χ0) is 21.7. The van der Waals surface area contributed by atoms with E-state index in [0.29, 0.717) is 29.2 Å². The van der Waals surface area contributed by atoms with Gasteiger partial charge in [0.2, 0.25) is 0 Å². The normalized spacial score (nSPS) is 14.8. The van der Waals surface area contributed by atoms with E-state index >= 15 is 0 Å².